The number of carbonyl (C=O) groups excluding carboxylic acids is 4. The van der Waals surface area contributed by atoms with Gasteiger partial charge in [-0.15, -0.1) is 0 Å². The molecule has 0 saturated carbocycles. The fraction of sp³-hybridized carbons (Fsp3) is 0.730. The molecule has 0 aromatic heterocycles. The summed E-state index contributed by atoms with van der Waals surface area (Å²) in [5, 5.41) is 16.5. The molecular formula is C37H63N5O7. The van der Waals surface area contributed by atoms with Gasteiger partial charge in [-0.2, -0.15) is 0 Å². The molecule has 278 valence electrons. The lowest BCUT2D eigenvalue weighted by Gasteiger charge is -2.39. The third-order valence-corrected chi connectivity index (χ3v) is 10.2. The number of amides is 4. The van der Waals surface area contributed by atoms with E-state index >= 15 is 0 Å². The highest BCUT2D eigenvalue weighted by molar-refractivity contribution is 5.87. The first kappa shape index (κ1) is 42.1. The van der Waals surface area contributed by atoms with Crippen molar-refractivity contribution in [1.82, 2.24) is 25.3 Å². The lowest BCUT2D eigenvalue weighted by molar-refractivity contribution is -0.146. The molecule has 1 saturated heterocycles. The average Bonchev–Trinajstić information content (AvgIpc) is 3.56. The largest absolute Gasteiger partial charge is 0.386 e. The summed E-state index contributed by atoms with van der Waals surface area (Å²) in [7, 11) is 8.48. The monoisotopic (exact) mass is 689 g/mol. The summed E-state index contributed by atoms with van der Waals surface area (Å²) in [6.07, 6.45) is 0.203. The molecule has 3 N–H and O–H groups in total. The van der Waals surface area contributed by atoms with E-state index in [4.69, 9.17) is 9.47 Å². The smallest absolute Gasteiger partial charge is 0.242 e. The molecule has 1 aromatic rings. The second kappa shape index (κ2) is 20.0. The first-order valence-corrected chi connectivity index (χ1v) is 17.7. The number of hydrogen-bond donors (Lipinski definition) is 3. The van der Waals surface area contributed by atoms with E-state index in [1.807, 2.05) is 77.0 Å². The maximum absolute atomic E-state index is 14.0. The van der Waals surface area contributed by atoms with Crippen molar-refractivity contribution in [3.05, 3.63) is 35.9 Å². The van der Waals surface area contributed by atoms with Gasteiger partial charge in [0.15, 0.2) is 0 Å². The first-order valence-electron chi connectivity index (χ1n) is 17.7. The van der Waals surface area contributed by atoms with Crippen molar-refractivity contribution in [3.8, 4) is 0 Å². The summed E-state index contributed by atoms with van der Waals surface area (Å²) < 4.78 is 11.8. The molecule has 1 aromatic carbocycles. The molecular weight excluding hydrogens is 626 g/mol. The lowest BCUT2D eigenvalue weighted by atomic mass is 9.90. The number of aliphatic hydroxyl groups excluding tert-OH is 1. The highest BCUT2D eigenvalue weighted by atomic mass is 16.5. The number of likely N-dealkylation sites (tertiary alicyclic amines) is 1. The lowest BCUT2D eigenvalue weighted by Crippen LogP contribution is -2.55. The highest BCUT2D eigenvalue weighted by Crippen LogP contribution is 2.29. The molecule has 0 aliphatic carbocycles. The van der Waals surface area contributed by atoms with Crippen molar-refractivity contribution in [2.75, 3.05) is 48.5 Å². The van der Waals surface area contributed by atoms with Crippen LogP contribution in [0.15, 0.2) is 30.3 Å². The van der Waals surface area contributed by atoms with Crippen molar-refractivity contribution >= 4 is 23.6 Å². The van der Waals surface area contributed by atoms with Gasteiger partial charge in [-0.1, -0.05) is 71.4 Å². The van der Waals surface area contributed by atoms with E-state index in [1.54, 1.807) is 44.9 Å². The number of nitrogens with one attached hydrogen (secondary N) is 2. The van der Waals surface area contributed by atoms with Crippen LogP contribution in [0.1, 0.15) is 78.9 Å². The summed E-state index contributed by atoms with van der Waals surface area (Å²) in [4.78, 5) is 58.9. The van der Waals surface area contributed by atoms with Crippen molar-refractivity contribution in [2.24, 2.45) is 17.8 Å². The van der Waals surface area contributed by atoms with Gasteiger partial charge in [0.2, 0.25) is 23.6 Å². The zero-order valence-electron chi connectivity index (χ0n) is 31.6. The highest BCUT2D eigenvalue weighted by Gasteiger charge is 2.42. The van der Waals surface area contributed by atoms with Crippen LogP contribution in [-0.4, -0.2) is 128 Å². The molecule has 0 radical (unpaired) electrons. The molecule has 12 nitrogen and oxygen atoms in total. The Kier molecular flexibility index (Phi) is 17.1. The number of benzene rings is 1. The van der Waals surface area contributed by atoms with Crippen molar-refractivity contribution < 1.29 is 33.8 Å². The second-order valence-electron chi connectivity index (χ2n) is 14.2. The summed E-state index contributed by atoms with van der Waals surface area (Å²) >= 11 is 0. The molecule has 12 heteroatoms. The van der Waals surface area contributed by atoms with Crippen LogP contribution in [-0.2, 0) is 28.7 Å². The molecule has 1 aliphatic rings. The van der Waals surface area contributed by atoms with E-state index in [0.29, 0.717) is 18.5 Å². The maximum Gasteiger partial charge on any atom is 0.242 e. The number of rotatable bonds is 19. The zero-order chi connectivity index (χ0) is 37.0. The Bertz CT molecular complexity index is 1190. The van der Waals surface area contributed by atoms with E-state index in [1.165, 1.54) is 0 Å². The standard InChI is InChI=1S/C37H63N5O7/c1-12-24(4)33(41(9)31(44)22-38-37(47)32(23(2)3)40(7)8)29(48-10)21-30(43)42-20-16-19-28(42)35(49-11)25(5)36(46)39-26(6)34(45)27-17-14-13-15-18-27/h13-15,17-18,23-26,28-29,32-35,45H,12,16,19-22H2,1-11H3,(H,38,47)(H,39,46)/t24-,25+,26+,28-,29+,32?,33-,34+,35?/m0/s1. The molecule has 0 spiro atoms. The van der Waals surface area contributed by atoms with Gasteiger partial charge in [-0.3, -0.25) is 24.1 Å². The molecule has 1 fully saturated rings. The number of hydrogen-bond acceptors (Lipinski definition) is 8. The fourth-order valence-corrected chi connectivity index (χ4v) is 7.22. The zero-order valence-corrected chi connectivity index (χ0v) is 31.6. The Labute approximate surface area is 294 Å². The van der Waals surface area contributed by atoms with Crippen LogP contribution in [0.2, 0.25) is 0 Å². The van der Waals surface area contributed by atoms with Crippen LogP contribution in [0.4, 0.5) is 0 Å². The molecule has 49 heavy (non-hydrogen) atoms. The average molecular weight is 690 g/mol. The van der Waals surface area contributed by atoms with E-state index in [0.717, 1.165) is 12.8 Å². The van der Waals surface area contributed by atoms with E-state index in [9.17, 15) is 24.3 Å². The Hall–Kier alpha value is -3.06. The van der Waals surface area contributed by atoms with Crippen molar-refractivity contribution in [2.45, 2.75) is 110 Å². The predicted octanol–water partition coefficient (Wildman–Crippen LogP) is 2.85. The minimum Gasteiger partial charge on any atom is -0.386 e. The Morgan fingerprint density at radius 2 is 1.61 bits per heavy atom. The van der Waals surface area contributed by atoms with Crippen LogP contribution in [0, 0.1) is 17.8 Å². The number of aliphatic hydroxyl groups is 1. The summed E-state index contributed by atoms with van der Waals surface area (Å²) in [5.41, 5.74) is 0.711. The SMILES string of the molecule is CC[C@H](C)[C@@H]([C@@H](CC(=O)N1CCC[C@H]1C(OC)[C@@H](C)C(=O)N[C@H](C)[C@@H](O)c1ccccc1)OC)N(C)C(=O)CNC(=O)C(C(C)C)N(C)C. The number of ether oxygens (including phenoxy) is 2. The van der Waals surface area contributed by atoms with Gasteiger partial charge < -0.3 is 35.0 Å². The van der Waals surface area contributed by atoms with E-state index < -0.39 is 36.3 Å². The van der Waals surface area contributed by atoms with Gasteiger partial charge in [-0.25, -0.2) is 0 Å². The quantitative estimate of drug-likeness (QED) is 0.202. The van der Waals surface area contributed by atoms with Gasteiger partial charge in [-0.05, 0) is 51.3 Å². The second-order valence-corrected chi connectivity index (χ2v) is 14.2. The van der Waals surface area contributed by atoms with Crippen LogP contribution in [0.25, 0.3) is 0 Å². The summed E-state index contributed by atoms with van der Waals surface area (Å²) in [6.45, 7) is 11.9. The molecule has 2 unspecified atom stereocenters. The fourth-order valence-electron chi connectivity index (χ4n) is 7.22. The van der Waals surface area contributed by atoms with Crippen molar-refractivity contribution in [1.29, 1.82) is 0 Å². The summed E-state index contributed by atoms with van der Waals surface area (Å²) in [6, 6.07) is 7.54. The minimum absolute atomic E-state index is 0.00522. The van der Waals surface area contributed by atoms with Crippen LogP contribution < -0.4 is 10.6 Å². The minimum atomic E-state index is -0.872. The van der Waals surface area contributed by atoms with Crippen LogP contribution >= 0.6 is 0 Å². The topological polar surface area (TPSA) is 141 Å². The third kappa shape index (κ3) is 11.2. The van der Waals surface area contributed by atoms with Gasteiger partial charge in [0.05, 0.1) is 61.4 Å². The first-order chi connectivity index (χ1) is 23.1. The maximum atomic E-state index is 14.0. The number of carbonyl (C=O) groups is 4. The Morgan fingerprint density at radius 3 is 2.14 bits per heavy atom. The van der Waals surface area contributed by atoms with E-state index in [-0.39, 0.29) is 60.5 Å². The third-order valence-electron chi connectivity index (χ3n) is 10.2. The Balaban J connectivity index is 2.15. The van der Waals surface area contributed by atoms with Gasteiger partial charge >= 0.3 is 0 Å². The predicted molar refractivity (Wildman–Crippen MR) is 190 cm³/mol. The van der Waals surface area contributed by atoms with E-state index in [2.05, 4.69) is 10.6 Å². The normalized spacial score (nSPS) is 19.8. The van der Waals surface area contributed by atoms with Crippen LogP contribution in [0.5, 0.6) is 0 Å². The number of methoxy groups -OCH3 is 2. The number of likely N-dealkylation sites (N-methyl/N-ethyl adjacent to an activating group) is 2. The summed E-state index contributed by atoms with van der Waals surface area (Å²) in [5.74, 6) is -1.40. The molecule has 1 aliphatic heterocycles. The molecule has 1 heterocycles. The molecule has 2 rings (SSSR count). The number of nitrogens with zero attached hydrogens (tertiary/aromatic N) is 3. The van der Waals surface area contributed by atoms with Crippen LogP contribution in [0.3, 0.4) is 0 Å². The van der Waals surface area contributed by atoms with Gasteiger partial charge in [0.1, 0.15) is 0 Å². The molecule has 0 bridgehead atoms. The van der Waals surface area contributed by atoms with Gasteiger partial charge in [0, 0.05) is 27.8 Å². The molecule has 9 atom stereocenters. The van der Waals surface area contributed by atoms with Crippen molar-refractivity contribution in [3.63, 3.8) is 0 Å². The van der Waals surface area contributed by atoms with Gasteiger partial charge in [0.25, 0.3) is 0 Å². The molecule has 4 amide bonds. The Morgan fingerprint density at radius 1 is 0.980 bits per heavy atom.